The third-order valence-corrected chi connectivity index (χ3v) is 15.4. The first kappa shape index (κ1) is 39.7. The largest absolute Gasteiger partial charge is 0.476 e. The second kappa shape index (κ2) is 16.4. The highest BCUT2D eigenvalue weighted by atomic mass is 28.4. The van der Waals surface area contributed by atoms with Crippen molar-refractivity contribution in [1.82, 2.24) is 34.2 Å². The molecule has 13 nitrogen and oxygen atoms in total. The molecule has 1 aromatic carbocycles. The molecule has 2 aliphatic heterocycles. The molecule has 0 saturated carbocycles. The van der Waals surface area contributed by atoms with Gasteiger partial charge in [0, 0.05) is 32.1 Å². The van der Waals surface area contributed by atoms with Crippen molar-refractivity contribution >= 4 is 37.3 Å². The van der Waals surface area contributed by atoms with Gasteiger partial charge in [0.05, 0.1) is 54.4 Å². The van der Waals surface area contributed by atoms with Crippen LogP contribution in [0.3, 0.4) is 0 Å². The van der Waals surface area contributed by atoms with Gasteiger partial charge in [-0.3, -0.25) is 9.58 Å². The monoisotopic (exact) mass is 761 g/mol. The number of ether oxygens (including phenoxy) is 4. The molecule has 3 aromatic heterocycles. The summed E-state index contributed by atoms with van der Waals surface area (Å²) in [5.74, 6) is 0.590. The smallest absolute Gasteiger partial charge is 0.359 e. The van der Waals surface area contributed by atoms with Crippen LogP contribution in [0.15, 0.2) is 18.2 Å². The highest BCUT2D eigenvalue weighted by molar-refractivity contribution is 6.74. The normalized spacial score (nSPS) is 18.6. The summed E-state index contributed by atoms with van der Waals surface area (Å²) in [5.41, 5.74) is 5.24. The standard InChI is InChI=1S/C40H59N7O6Si/c1-11-45-25-27(4)53-38-35(36(42-44(38)8)39(48)50-13-3)28-17-20-32-30(24-28)31(41-47(32)34-16-14-15-22-51-34)19-18-29-33(26-45)46(43-37(29)49-12-2)21-23-52-54(9,10)40(5,6)7/h17-20,24,27,34H,11-16,21-23,25-26H2,1-10H3/t27-,34?/m0/s1. The fourth-order valence-electron chi connectivity index (χ4n) is 6.95. The molecule has 14 heteroatoms. The van der Waals surface area contributed by atoms with E-state index in [-0.39, 0.29) is 29.7 Å². The van der Waals surface area contributed by atoms with Crippen molar-refractivity contribution in [2.45, 2.75) is 111 Å². The van der Waals surface area contributed by atoms with E-state index in [1.54, 1.807) is 18.7 Å². The number of aromatic nitrogens is 6. The number of benzene rings is 1. The quantitative estimate of drug-likeness (QED) is 0.117. The number of esters is 1. The third-order valence-electron chi connectivity index (χ3n) is 10.9. The van der Waals surface area contributed by atoms with Gasteiger partial charge in [-0.15, -0.1) is 5.10 Å². The minimum absolute atomic E-state index is 0.0999. The Morgan fingerprint density at radius 3 is 2.54 bits per heavy atom. The van der Waals surface area contributed by atoms with Gasteiger partial charge in [-0.2, -0.15) is 10.2 Å². The maximum Gasteiger partial charge on any atom is 0.359 e. The van der Waals surface area contributed by atoms with Gasteiger partial charge in [0.1, 0.15) is 6.10 Å². The summed E-state index contributed by atoms with van der Waals surface area (Å²) in [7, 11) is -0.172. The van der Waals surface area contributed by atoms with Crippen LogP contribution in [0.5, 0.6) is 11.8 Å². The summed E-state index contributed by atoms with van der Waals surface area (Å²) in [4.78, 5) is 15.7. The zero-order valence-corrected chi connectivity index (χ0v) is 34.9. The average molecular weight is 762 g/mol. The zero-order chi connectivity index (χ0) is 38.8. The number of hydrogen-bond donors (Lipinski definition) is 0. The van der Waals surface area contributed by atoms with Crippen molar-refractivity contribution in [3.8, 4) is 22.9 Å². The summed E-state index contributed by atoms with van der Waals surface area (Å²) in [6.07, 6.45) is 6.69. The first-order valence-electron chi connectivity index (χ1n) is 19.6. The summed E-state index contributed by atoms with van der Waals surface area (Å²) < 4.78 is 37.0. The van der Waals surface area contributed by atoms with Crippen LogP contribution in [0.4, 0.5) is 0 Å². The third kappa shape index (κ3) is 8.17. The molecule has 0 amide bonds. The van der Waals surface area contributed by atoms with Crippen LogP contribution in [0.1, 0.15) is 101 Å². The molecule has 294 valence electrons. The molecule has 0 radical (unpaired) electrons. The van der Waals surface area contributed by atoms with Crippen LogP contribution in [0, 0.1) is 0 Å². The van der Waals surface area contributed by atoms with Gasteiger partial charge in [-0.05, 0) is 94.6 Å². The Labute approximate surface area is 320 Å². The van der Waals surface area contributed by atoms with Crippen LogP contribution in [0.25, 0.3) is 34.2 Å². The lowest BCUT2D eigenvalue weighted by Crippen LogP contribution is -2.41. The molecule has 0 spiro atoms. The maximum absolute atomic E-state index is 13.4. The number of likely N-dealkylation sites (N-methyl/N-ethyl adjacent to an activating group) is 1. The van der Waals surface area contributed by atoms with E-state index in [9.17, 15) is 4.79 Å². The van der Waals surface area contributed by atoms with E-state index in [2.05, 4.69) is 79.8 Å². The van der Waals surface area contributed by atoms with E-state index >= 15 is 0 Å². The first-order valence-corrected chi connectivity index (χ1v) is 22.5. The Morgan fingerprint density at radius 2 is 1.85 bits per heavy atom. The molecule has 1 fully saturated rings. The van der Waals surface area contributed by atoms with Gasteiger partial charge in [-0.1, -0.05) is 33.8 Å². The number of carbonyl (C=O) groups excluding carboxylic acids is 1. The summed E-state index contributed by atoms with van der Waals surface area (Å²) >= 11 is 0. The fourth-order valence-corrected chi connectivity index (χ4v) is 7.98. The minimum atomic E-state index is -1.97. The predicted molar refractivity (Wildman–Crippen MR) is 213 cm³/mol. The number of nitrogens with zero attached hydrogens (tertiary/aromatic N) is 7. The van der Waals surface area contributed by atoms with Crippen LogP contribution >= 0.6 is 0 Å². The maximum atomic E-state index is 13.4. The number of rotatable bonds is 10. The predicted octanol–water partition coefficient (Wildman–Crippen LogP) is 7.70. The fraction of sp³-hybridized carbons (Fsp3) is 0.600. The van der Waals surface area contributed by atoms with E-state index in [0.29, 0.717) is 56.8 Å². The lowest BCUT2D eigenvalue weighted by Gasteiger charge is -2.36. The SMILES string of the molecule is CCOC(=O)c1nn(C)c2c1-c1ccc3c(c1)c(nn3C1CCCCO1)C=Cc1c(OCC)nn(CCO[Si](C)(C)C(C)(C)C)c1CN(CC)C[C@H](C)O2. The lowest BCUT2D eigenvalue weighted by atomic mass is 10.0. The van der Waals surface area contributed by atoms with E-state index in [1.807, 2.05) is 24.6 Å². The van der Waals surface area contributed by atoms with Crippen molar-refractivity contribution in [3.05, 3.63) is 40.8 Å². The molecule has 6 rings (SSSR count). The van der Waals surface area contributed by atoms with Crippen LogP contribution in [0.2, 0.25) is 18.1 Å². The minimum Gasteiger partial charge on any atom is -0.476 e. The molecule has 1 saturated heterocycles. The summed E-state index contributed by atoms with van der Waals surface area (Å²) in [5, 5.41) is 15.9. The summed E-state index contributed by atoms with van der Waals surface area (Å²) in [6.45, 7) is 23.8. The molecule has 54 heavy (non-hydrogen) atoms. The second-order valence-electron chi connectivity index (χ2n) is 15.8. The summed E-state index contributed by atoms with van der Waals surface area (Å²) in [6, 6.07) is 6.13. The molecular weight excluding hydrogens is 703 g/mol. The van der Waals surface area contributed by atoms with Gasteiger partial charge in [0.15, 0.2) is 20.2 Å². The van der Waals surface area contributed by atoms with Crippen LogP contribution < -0.4 is 9.47 Å². The Kier molecular flexibility index (Phi) is 12.1. The van der Waals surface area contributed by atoms with Crippen molar-refractivity contribution in [2.24, 2.45) is 7.05 Å². The van der Waals surface area contributed by atoms with Crippen molar-refractivity contribution in [3.63, 3.8) is 0 Å². The van der Waals surface area contributed by atoms with E-state index in [1.165, 1.54) is 0 Å². The van der Waals surface area contributed by atoms with Gasteiger partial charge < -0.3 is 23.4 Å². The molecule has 2 aliphatic rings. The number of hydrogen-bond acceptors (Lipinski definition) is 10. The topological polar surface area (TPSA) is 120 Å². The molecular formula is C40H59N7O6Si. The Hall–Kier alpha value is -3.98. The number of carbonyl (C=O) groups is 1. The van der Waals surface area contributed by atoms with Crippen molar-refractivity contribution < 1.29 is 28.2 Å². The molecule has 5 heterocycles. The number of aryl methyl sites for hydroxylation is 1. The highest BCUT2D eigenvalue weighted by Crippen LogP contribution is 2.39. The Morgan fingerprint density at radius 1 is 1.06 bits per heavy atom. The van der Waals surface area contributed by atoms with Gasteiger partial charge in [0.2, 0.25) is 11.8 Å². The van der Waals surface area contributed by atoms with Gasteiger partial charge in [0.25, 0.3) is 0 Å². The molecule has 2 bridgehead atoms. The second-order valence-corrected chi connectivity index (χ2v) is 20.6. The molecule has 0 aliphatic carbocycles. The van der Waals surface area contributed by atoms with E-state index in [4.69, 9.17) is 33.6 Å². The van der Waals surface area contributed by atoms with Gasteiger partial charge >= 0.3 is 5.97 Å². The molecule has 0 N–H and O–H groups in total. The van der Waals surface area contributed by atoms with E-state index in [0.717, 1.165) is 59.2 Å². The first-order chi connectivity index (χ1) is 25.8. The molecule has 1 unspecified atom stereocenters. The van der Waals surface area contributed by atoms with Crippen molar-refractivity contribution in [2.75, 3.05) is 39.5 Å². The molecule has 2 atom stereocenters. The lowest BCUT2D eigenvalue weighted by molar-refractivity contribution is -0.0367. The molecule has 4 aromatic rings. The zero-order valence-electron chi connectivity index (χ0n) is 33.9. The van der Waals surface area contributed by atoms with Gasteiger partial charge in [-0.25, -0.2) is 14.2 Å². The highest BCUT2D eigenvalue weighted by Gasteiger charge is 2.37. The van der Waals surface area contributed by atoms with Crippen LogP contribution in [-0.4, -0.2) is 94.1 Å². The number of fused-ring (bicyclic) bond motifs is 4. The van der Waals surface area contributed by atoms with Crippen molar-refractivity contribution in [1.29, 1.82) is 0 Å². The Bertz CT molecular complexity index is 1970. The van der Waals surface area contributed by atoms with E-state index < -0.39 is 14.3 Å². The average Bonchev–Trinajstić information content (AvgIpc) is 3.77. The van der Waals surface area contributed by atoms with Crippen LogP contribution in [-0.2, 0) is 34.0 Å². The Balaban J connectivity index is 1.53.